The molecule has 0 bridgehead atoms. The van der Waals surface area contributed by atoms with Crippen molar-refractivity contribution in [2.45, 2.75) is 58.7 Å². The first-order chi connectivity index (χ1) is 8.60. The number of aliphatic hydroxyl groups is 1. The minimum atomic E-state index is -0.311. The second-order valence-corrected chi connectivity index (χ2v) is 5.56. The Kier molecular flexibility index (Phi) is 4.28. The summed E-state index contributed by atoms with van der Waals surface area (Å²) in [6.07, 6.45) is 3.81. The van der Waals surface area contributed by atoms with Gasteiger partial charge in [0.05, 0.1) is 6.10 Å². The van der Waals surface area contributed by atoms with E-state index in [2.05, 4.69) is 32.9 Å². The van der Waals surface area contributed by atoms with E-state index < -0.39 is 0 Å². The molecule has 3 unspecified atom stereocenters. The molecule has 0 saturated heterocycles. The molecule has 0 aromatic heterocycles. The lowest BCUT2D eigenvalue weighted by Crippen LogP contribution is -2.38. The van der Waals surface area contributed by atoms with Crippen LogP contribution in [0.5, 0.6) is 5.75 Å². The molecule has 18 heavy (non-hydrogen) atoms. The van der Waals surface area contributed by atoms with Crippen LogP contribution < -0.4 is 4.74 Å². The number of hydrogen-bond donors (Lipinski definition) is 1. The average molecular weight is 248 g/mol. The number of benzene rings is 1. The number of aryl methyl sites for hydroxylation is 2. The Morgan fingerprint density at radius 3 is 2.67 bits per heavy atom. The number of ether oxygens (including phenoxy) is 1. The van der Waals surface area contributed by atoms with Crippen LogP contribution in [0.25, 0.3) is 0 Å². The van der Waals surface area contributed by atoms with Gasteiger partial charge >= 0.3 is 0 Å². The van der Waals surface area contributed by atoms with E-state index in [1.807, 2.05) is 6.07 Å². The molecule has 0 aliphatic heterocycles. The Hall–Kier alpha value is -1.02. The molecular weight excluding hydrogens is 224 g/mol. The smallest absolute Gasteiger partial charge is 0.125 e. The molecule has 1 aromatic rings. The summed E-state index contributed by atoms with van der Waals surface area (Å²) in [6, 6.07) is 6.15. The fourth-order valence-corrected chi connectivity index (χ4v) is 2.66. The van der Waals surface area contributed by atoms with Crippen molar-refractivity contribution < 1.29 is 9.84 Å². The van der Waals surface area contributed by atoms with Gasteiger partial charge < -0.3 is 9.84 Å². The van der Waals surface area contributed by atoms with Crippen LogP contribution in [-0.4, -0.2) is 17.3 Å². The van der Waals surface area contributed by atoms with Gasteiger partial charge in [0.2, 0.25) is 0 Å². The van der Waals surface area contributed by atoms with Gasteiger partial charge in [-0.15, -0.1) is 0 Å². The quantitative estimate of drug-likeness (QED) is 0.885. The van der Waals surface area contributed by atoms with Gasteiger partial charge in [-0.2, -0.15) is 0 Å². The molecule has 1 saturated carbocycles. The van der Waals surface area contributed by atoms with E-state index in [-0.39, 0.29) is 12.2 Å². The largest absolute Gasteiger partial charge is 0.488 e. The Labute approximate surface area is 110 Å². The Bertz CT molecular complexity index is 400. The van der Waals surface area contributed by atoms with Gasteiger partial charge in [-0.25, -0.2) is 0 Å². The summed E-state index contributed by atoms with van der Waals surface area (Å²) in [5.74, 6) is 1.59. The summed E-state index contributed by atoms with van der Waals surface area (Å²) >= 11 is 0. The molecule has 0 heterocycles. The van der Waals surface area contributed by atoms with E-state index >= 15 is 0 Å². The van der Waals surface area contributed by atoms with Crippen LogP contribution in [0.2, 0.25) is 0 Å². The Balaban J connectivity index is 2.04. The zero-order valence-electron chi connectivity index (χ0n) is 11.6. The number of aliphatic hydroxyl groups excluding tert-OH is 1. The topological polar surface area (TPSA) is 29.5 Å². The monoisotopic (exact) mass is 248 g/mol. The third-order valence-corrected chi connectivity index (χ3v) is 4.21. The van der Waals surface area contributed by atoms with Crippen molar-refractivity contribution in [1.82, 2.24) is 0 Å². The van der Waals surface area contributed by atoms with Crippen LogP contribution in [0.4, 0.5) is 0 Å². The average Bonchev–Trinajstić information content (AvgIpc) is 2.36. The highest BCUT2D eigenvalue weighted by Crippen LogP contribution is 2.30. The fourth-order valence-electron chi connectivity index (χ4n) is 2.66. The van der Waals surface area contributed by atoms with Crippen molar-refractivity contribution in [3.63, 3.8) is 0 Å². The molecule has 0 radical (unpaired) electrons. The lowest BCUT2D eigenvalue weighted by molar-refractivity contribution is -0.0109. The van der Waals surface area contributed by atoms with Crippen LogP contribution in [-0.2, 0) is 0 Å². The van der Waals surface area contributed by atoms with Crippen LogP contribution in [0, 0.1) is 19.8 Å². The lowest BCUT2D eigenvalue weighted by Gasteiger charge is -2.33. The van der Waals surface area contributed by atoms with E-state index in [0.29, 0.717) is 5.92 Å². The molecule has 1 N–H and O–H groups in total. The first-order valence-electron chi connectivity index (χ1n) is 7.02. The van der Waals surface area contributed by atoms with Gasteiger partial charge in [0.25, 0.3) is 0 Å². The van der Waals surface area contributed by atoms with Gasteiger partial charge in [-0.05, 0) is 62.3 Å². The second kappa shape index (κ2) is 5.75. The molecule has 100 valence electrons. The molecule has 0 amide bonds. The summed E-state index contributed by atoms with van der Waals surface area (Å²) in [4.78, 5) is 0. The highest BCUT2D eigenvalue weighted by atomic mass is 16.5. The molecule has 1 fully saturated rings. The summed E-state index contributed by atoms with van der Waals surface area (Å²) in [6.45, 7) is 6.41. The fraction of sp³-hybridized carbons (Fsp3) is 0.625. The van der Waals surface area contributed by atoms with Gasteiger partial charge in [0, 0.05) is 0 Å². The third-order valence-electron chi connectivity index (χ3n) is 4.21. The zero-order valence-corrected chi connectivity index (χ0v) is 11.6. The molecule has 2 rings (SSSR count). The lowest BCUT2D eigenvalue weighted by atomic mass is 9.84. The maximum atomic E-state index is 10.0. The summed E-state index contributed by atoms with van der Waals surface area (Å²) < 4.78 is 5.99. The van der Waals surface area contributed by atoms with Gasteiger partial charge in [0.1, 0.15) is 11.9 Å². The van der Waals surface area contributed by atoms with E-state index in [9.17, 15) is 5.11 Å². The molecule has 2 nitrogen and oxygen atoms in total. The third kappa shape index (κ3) is 3.05. The molecule has 1 aliphatic rings. The van der Waals surface area contributed by atoms with Crippen molar-refractivity contribution in [1.29, 1.82) is 0 Å². The van der Waals surface area contributed by atoms with Crippen molar-refractivity contribution >= 4 is 0 Å². The Morgan fingerprint density at radius 2 is 2.00 bits per heavy atom. The van der Waals surface area contributed by atoms with E-state index in [1.165, 1.54) is 17.5 Å². The number of rotatable bonds is 3. The standard InChI is InChI=1S/C16H24O2/c1-4-13-6-8-15(17)16(10-13)18-14-7-5-11(2)12(3)9-14/h5,7,9,13,15-17H,4,6,8,10H2,1-3H3. The summed E-state index contributed by atoms with van der Waals surface area (Å²) in [5, 5.41) is 10.0. The minimum absolute atomic E-state index is 0.0363. The van der Waals surface area contributed by atoms with Crippen molar-refractivity contribution in [2.75, 3.05) is 0 Å². The highest BCUT2D eigenvalue weighted by molar-refractivity contribution is 5.34. The first-order valence-corrected chi connectivity index (χ1v) is 7.02. The molecule has 3 atom stereocenters. The predicted octanol–water partition coefficient (Wildman–Crippen LogP) is 3.62. The molecule has 0 spiro atoms. The minimum Gasteiger partial charge on any atom is -0.488 e. The number of hydrogen-bond acceptors (Lipinski definition) is 2. The van der Waals surface area contributed by atoms with Crippen molar-refractivity contribution in [2.24, 2.45) is 5.92 Å². The van der Waals surface area contributed by atoms with Gasteiger partial charge in [-0.3, -0.25) is 0 Å². The van der Waals surface area contributed by atoms with E-state index in [1.54, 1.807) is 0 Å². The van der Waals surface area contributed by atoms with Crippen LogP contribution in [0.3, 0.4) is 0 Å². The summed E-state index contributed by atoms with van der Waals surface area (Å²) in [5.41, 5.74) is 2.52. The highest BCUT2D eigenvalue weighted by Gasteiger charge is 2.29. The maximum absolute atomic E-state index is 10.0. The zero-order chi connectivity index (χ0) is 13.1. The van der Waals surface area contributed by atoms with Crippen LogP contribution in [0.1, 0.15) is 43.7 Å². The van der Waals surface area contributed by atoms with E-state index in [4.69, 9.17) is 4.74 Å². The van der Waals surface area contributed by atoms with Gasteiger partial charge in [-0.1, -0.05) is 19.4 Å². The normalized spacial score (nSPS) is 28.1. The molecule has 1 aliphatic carbocycles. The SMILES string of the molecule is CCC1CCC(O)C(Oc2ccc(C)c(C)c2)C1. The van der Waals surface area contributed by atoms with Crippen LogP contribution in [0.15, 0.2) is 18.2 Å². The second-order valence-electron chi connectivity index (χ2n) is 5.56. The van der Waals surface area contributed by atoms with Crippen LogP contribution >= 0.6 is 0 Å². The van der Waals surface area contributed by atoms with E-state index in [0.717, 1.165) is 25.0 Å². The summed E-state index contributed by atoms with van der Waals surface area (Å²) in [7, 11) is 0. The maximum Gasteiger partial charge on any atom is 0.125 e. The molecule has 1 aromatic carbocycles. The van der Waals surface area contributed by atoms with Gasteiger partial charge in [0.15, 0.2) is 0 Å². The first kappa shape index (κ1) is 13.4. The molecule has 2 heteroatoms. The predicted molar refractivity (Wildman–Crippen MR) is 74.0 cm³/mol. The van der Waals surface area contributed by atoms with Crippen molar-refractivity contribution in [3.05, 3.63) is 29.3 Å². The van der Waals surface area contributed by atoms with Crippen molar-refractivity contribution in [3.8, 4) is 5.75 Å². The molecular formula is C16H24O2. The Morgan fingerprint density at radius 1 is 1.22 bits per heavy atom.